The Balaban J connectivity index is 1.45. The molecule has 3 aromatic carbocycles. The number of piperidine rings is 1. The maximum Gasteiger partial charge on any atom is 0.416 e. The summed E-state index contributed by atoms with van der Waals surface area (Å²) in [4.78, 5) is 21.2. The lowest BCUT2D eigenvalue weighted by atomic mass is 9.89. The number of ether oxygens (including phenoxy) is 2. The highest BCUT2D eigenvalue weighted by Gasteiger charge is 2.31. The summed E-state index contributed by atoms with van der Waals surface area (Å²) in [6.07, 6.45) is -0.898. The fraction of sp³-hybridized carbons (Fsp3) is 0.300. The van der Waals surface area contributed by atoms with Crippen molar-refractivity contribution in [2.45, 2.75) is 24.9 Å². The highest BCUT2D eigenvalue weighted by Crippen LogP contribution is 2.37. The summed E-state index contributed by atoms with van der Waals surface area (Å²) >= 11 is 0. The second-order valence-corrected chi connectivity index (χ2v) is 9.82. The van der Waals surface area contributed by atoms with Crippen LogP contribution in [-0.4, -0.2) is 42.7 Å². The molecule has 1 aliphatic rings. The zero-order chi connectivity index (χ0) is 28.3. The van der Waals surface area contributed by atoms with Gasteiger partial charge in [-0.15, -0.1) is 0 Å². The lowest BCUT2D eigenvalue weighted by Gasteiger charge is -2.23. The van der Waals surface area contributed by atoms with Crippen molar-refractivity contribution < 1.29 is 27.4 Å². The highest BCUT2D eigenvalue weighted by molar-refractivity contribution is 5.94. The first-order valence-corrected chi connectivity index (χ1v) is 13.0. The molecule has 0 bridgehead atoms. The number of benzene rings is 3. The van der Waals surface area contributed by atoms with Crippen molar-refractivity contribution in [3.63, 3.8) is 0 Å². The molecule has 1 aromatic heterocycles. The molecule has 0 aliphatic carbocycles. The molecule has 1 atom stereocenters. The van der Waals surface area contributed by atoms with Crippen molar-refractivity contribution in [1.82, 2.24) is 15.3 Å². The van der Waals surface area contributed by atoms with Gasteiger partial charge in [0.25, 0.3) is 0 Å². The molecule has 208 valence electrons. The number of rotatable bonds is 8. The van der Waals surface area contributed by atoms with Gasteiger partial charge in [-0.2, -0.15) is 13.2 Å². The van der Waals surface area contributed by atoms with E-state index in [0.717, 1.165) is 49.0 Å². The number of halogens is 3. The Morgan fingerprint density at radius 3 is 2.25 bits per heavy atom. The first-order chi connectivity index (χ1) is 19.2. The quantitative estimate of drug-likeness (QED) is 0.308. The van der Waals surface area contributed by atoms with Gasteiger partial charge in [0.05, 0.1) is 36.4 Å². The number of nitrogens with zero attached hydrogens (tertiary/aromatic N) is 2. The molecule has 5 rings (SSSR count). The van der Waals surface area contributed by atoms with Crippen molar-refractivity contribution in [2.24, 2.45) is 11.7 Å². The van der Waals surface area contributed by atoms with Crippen LogP contribution in [0.25, 0.3) is 22.2 Å². The van der Waals surface area contributed by atoms with E-state index in [1.807, 2.05) is 12.1 Å². The summed E-state index contributed by atoms with van der Waals surface area (Å²) in [7, 11) is 1.59. The third kappa shape index (κ3) is 5.86. The van der Waals surface area contributed by atoms with E-state index in [-0.39, 0.29) is 0 Å². The molecule has 7 nitrogen and oxygen atoms in total. The number of fused-ring (bicyclic) bond motifs is 1. The fourth-order valence-electron chi connectivity index (χ4n) is 5.04. The summed E-state index contributed by atoms with van der Waals surface area (Å²) < 4.78 is 50.7. The zero-order valence-electron chi connectivity index (χ0n) is 21.9. The van der Waals surface area contributed by atoms with Crippen LogP contribution in [-0.2, 0) is 11.0 Å². The van der Waals surface area contributed by atoms with E-state index in [0.29, 0.717) is 46.4 Å². The molecule has 0 spiro atoms. The van der Waals surface area contributed by atoms with Gasteiger partial charge in [0, 0.05) is 17.0 Å². The average Bonchev–Trinajstić information content (AvgIpc) is 2.96. The Morgan fingerprint density at radius 1 is 1.00 bits per heavy atom. The van der Waals surface area contributed by atoms with E-state index in [1.54, 1.807) is 31.4 Å². The van der Waals surface area contributed by atoms with Gasteiger partial charge in [-0.3, -0.25) is 4.79 Å². The van der Waals surface area contributed by atoms with Gasteiger partial charge in [0.15, 0.2) is 11.5 Å². The molecule has 0 saturated carbocycles. The summed E-state index contributed by atoms with van der Waals surface area (Å²) in [6.45, 7) is 2.54. The monoisotopic (exact) mass is 550 g/mol. The number of methoxy groups -OCH3 is 1. The molecule has 1 unspecified atom stereocenters. The number of hydrogen-bond acceptors (Lipinski definition) is 6. The summed E-state index contributed by atoms with van der Waals surface area (Å²) in [6, 6.07) is 15.2. The van der Waals surface area contributed by atoms with Crippen LogP contribution in [0, 0.1) is 5.92 Å². The lowest BCUT2D eigenvalue weighted by Crippen LogP contribution is -2.30. The third-order valence-electron chi connectivity index (χ3n) is 7.23. The molecule has 2 heterocycles. The van der Waals surface area contributed by atoms with Crippen LogP contribution < -0.4 is 20.5 Å². The predicted molar refractivity (Wildman–Crippen MR) is 145 cm³/mol. The number of nitrogens with one attached hydrogen (secondary N) is 1. The molecule has 1 fully saturated rings. The molecular formula is C30H29F3N4O3. The van der Waals surface area contributed by atoms with Crippen molar-refractivity contribution >= 4 is 16.8 Å². The minimum Gasteiger partial charge on any atom is -0.493 e. The first kappa shape index (κ1) is 27.4. The molecule has 10 heteroatoms. The predicted octanol–water partition coefficient (Wildman–Crippen LogP) is 5.32. The van der Waals surface area contributed by atoms with Crippen LogP contribution in [0.3, 0.4) is 0 Å². The zero-order valence-corrected chi connectivity index (χ0v) is 21.9. The number of nitrogens with two attached hydrogens (primary N) is 1. The molecule has 40 heavy (non-hydrogen) atoms. The van der Waals surface area contributed by atoms with Gasteiger partial charge in [0.2, 0.25) is 5.91 Å². The number of carbonyl (C=O) groups is 1. The Morgan fingerprint density at radius 2 is 1.65 bits per heavy atom. The van der Waals surface area contributed by atoms with Crippen LogP contribution >= 0.6 is 0 Å². The average molecular weight is 551 g/mol. The Kier molecular flexibility index (Phi) is 7.88. The molecular weight excluding hydrogens is 521 g/mol. The van der Waals surface area contributed by atoms with Crippen molar-refractivity contribution in [1.29, 1.82) is 0 Å². The number of carbonyl (C=O) groups excluding carboxylic acids is 1. The van der Waals surface area contributed by atoms with Gasteiger partial charge in [-0.1, -0.05) is 36.4 Å². The summed E-state index contributed by atoms with van der Waals surface area (Å²) in [5.41, 5.74) is 7.92. The largest absolute Gasteiger partial charge is 0.493 e. The van der Waals surface area contributed by atoms with Crippen molar-refractivity contribution in [2.75, 3.05) is 26.8 Å². The van der Waals surface area contributed by atoms with Gasteiger partial charge < -0.3 is 20.5 Å². The SMILES string of the molecule is COc1cc2ncnc(-c3ccc(C(C(N)=O)c4ccc(C(F)(F)F)cc4)cc3)c2cc1OCC1CCNCC1. The molecule has 0 radical (unpaired) electrons. The van der Waals surface area contributed by atoms with Gasteiger partial charge in [-0.05, 0) is 61.2 Å². The maximum absolute atomic E-state index is 13.0. The van der Waals surface area contributed by atoms with E-state index in [9.17, 15) is 18.0 Å². The Hall–Kier alpha value is -4.18. The lowest BCUT2D eigenvalue weighted by molar-refractivity contribution is -0.137. The number of amides is 1. The number of aromatic nitrogens is 2. The highest BCUT2D eigenvalue weighted by atomic mass is 19.4. The first-order valence-electron chi connectivity index (χ1n) is 13.0. The van der Waals surface area contributed by atoms with Crippen LogP contribution in [0.4, 0.5) is 13.2 Å². The Bertz CT molecular complexity index is 1490. The minimum atomic E-state index is -4.47. The van der Waals surface area contributed by atoms with E-state index in [1.165, 1.54) is 18.5 Å². The van der Waals surface area contributed by atoms with E-state index in [2.05, 4.69) is 15.3 Å². The summed E-state index contributed by atoms with van der Waals surface area (Å²) in [5, 5.41) is 4.12. The summed E-state index contributed by atoms with van der Waals surface area (Å²) in [5.74, 6) is 0.0866. The van der Waals surface area contributed by atoms with Gasteiger partial charge in [-0.25, -0.2) is 9.97 Å². The van der Waals surface area contributed by atoms with E-state index >= 15 is 0 Å². The van der Waals surface area contributed by atoms with E-state index in [4.69, 9.17) is 15.2 Å². The number of alkyl halides is 3. The Labute approximate surface area is 229 Å². The van der Waals surface area contributed by atoms with Crippen LogP contribution in [0.2, 0.25) is 0 Å². The molecule has 1 aliphatic heterocycles. The van der Waals surface area contributed by atoms with Crippen molar-refractivity contribution in [3.05, 3.63) is 83.7 Å². The minimum absolute atomic E-state index is 0.378. The second-order valence-electron chi connectivity index (χ2n) is 9.82. The molecule has 1 amide bonds. The smallest absolute Gasteiger partial charge is 0.416 e. The topological polar surface area (TPSA) is 99.4 Å². The van der Waals surface area contributed by atoms with E-state index < -0.39 is 23.6 Å². The standard InChI is InChI=1S/C30H29F3N4O3/c1-39-25-15-24-23(14-26(25)40-16-18-10-12-35-13-11-18)28(37-17-36-24)21-4-2-19(3-5-21)27(29(34)38)20-6-8-22(9-7-20)30(31,32)33/h2-9,14-15,17-18,27,35H,10-13,16H2,1H3,(H2,34,38). The van der Waals surface area contributed by atoms with Crippen LogP contribution in [0.1, 0.15) is 35.4 Å². The number of primary amides is 1. The second kappa shape index (κ2) is 11.5. The molecule has 1 saturated heterocycles. The van der Waals surface area contributed by atoms with Crippen LogP contribution in [0.15, 0.2) is 67.0 Å². The van der Waals surface area contributed by atoms with Crippen LogP contribution in [0.5, 0.6) is 11.5 Å². The fourth-order valence-corrected chi connectivity index (χ4v) is 5.04. The molecule has 3 N–H and O–H groups in total. The normalized spacial score (nSPS) is 15.1. The van der Waals surface area contributed by atoms with Gasteiger partial charge in [0.1, 0.15) is 6.33 Å². The number of hydrogen-bond donors (Lipinski definition) is 2. The maximum atomic E-state index is 13.0. The third-order valence-corrected chi connectivity index (χ3v) is 7.23. The molecule has 4 aromatic rings. The van der Waals surface area contributed by atoms with Gasteiger partial charge >= 0.3 is 6.18 Å². The van der Waals surface area contributed by atoms with Crippen molar-refractivity contribution in [3.8, 4) is 22.8 Å².